The van der Waals surface area contributed by atoms with Crippen LogP contribution in [0.2, 0.25) is 0 Å². The summed E-state index contributed by atoms with van der Waals surface area (Å²) in [6.45, 7) is 2.03. The zero-order valence-electron chi connectivity index (χ0n) is 9.86. The Morgan fingerprint density at radius 2 is 2.00 bits per heavy atom. The fourth-order valence-electron chi connectivity index (χ4n) is 1.16. The summed E-state index contributed by atoms with van der Waals surface area (Å²) in [7, 11) is -0.569. The molecule has 0 saturated heterocycles. The summed E-state index contributed by atoms with van der Waals surface area (Å²) in [5.74, 6) is -0.490. The van der Waals surface area contributed by atoms with Crippen LogP contribution in [0.4, 0.5) is 0 Å². The van der Waals surface area contributed by atoms with E-state index in [0.717, 1.165) is 0 Å². The first-order valence-electron chi connectivity index (χ1n) is 4.97. The maximum absolute atomic E-state index is 11.5. The van der Waals surface area contributed by atoms with Gasteiger partial charge in [-0.25, -0.2) is 13.1 Å². The minimum atomic E-state index is -3.34. The number of nitrogens with one attached hydrogen (secondary N) is 1. The molecule has 0 aromatic heterocycles. The quantitative estimate of drug-likeness (QED) is 0.611. The molecule has 0 spiro atoms. The number of carbonyl (C=O) groups excluding carboxylic acids is 1. The molecule has 1 atom stereocenters. The monoisotopic (exact) mass is 253 g/mol. The highest BCUT2D eigenvalue weighted by atomic mass is 32.2. The normalized spacial score (nSPS) is 13.4. The number of esters is 1. The van der Waals surface area contributed by atoms with Crippen LogP contribution in [-0.4, -0.2) is 47.0 Å². The van der Waals surface area contributed by atoms with Gasteiger partial charge in [-0.2, -0.15) is 0 Å². The largest absolute Gasteiger partial charge is 0.469 e. The van der Waals surface area contributed by atoms with Crippen molar-refractivity contribution in [2.24, 2.45) is 0 Å². The predicted octanol–water partition coefficient (Wildman–Crippen LogP) is -0.106. The van der Waals surface area contributed by atoms with Crippen molar-refractivity contribution in [1.29, 1.82) is 0 Å². The lowest BCUT2D eigenvalue weighted by molar-refractivity contribution is -0.140. The molecule has 0 amide bonds. The summed E-state index contributed by atoms with van der Waals surface area (Å²) < 4.78 is 34.6. The Kier molecular flexibility index (Phi) is 7.27. The van der Waals surface area contributed by atoms with Gasteiger partial charge in [-0.1, -0.05) is 0 Å². The van der Waals surface area contributed by atoms with Crippen LogP contribution in [0.25, 0.3) is 0 Å². The zero-order chi connectivity index (χ0) is 12.6. The van der Waals surface area contributed by atoms with E-state index < -0.39 is 16.0 Å². The number of hydrogen-bond acceptors (Lipinski definition) is 5. The molecule has 0 aromatic rings. The van der Waals surface area contributed by atoms with Crippen molar-refractivity contribution in [3.05, 3.63) is 0 Å². The molecule has 0 fully saturated rings. The van der Waals surface area contributed by atoms with Gasteiger partial charge in [0.2, 0.25) is 10.0 Å². The molecular weight excluding hydrogens is 234 g/mol. The summed E-state index contributed by atoms with van der Waals surface area (Å²) in [5, 5.41) is 0. The lowest BCUT2D eigenvalue weighted by Crippen LogP contribution is -2.37. The molecule has 96 valence electrons. The first kappa shape index (κ1) is 15.3. The lowest BCUT2D eigenvalue weighted by Gasteiger charge is -2.12. The van der Waals surface area contributed by atoms with E-state index in [1.54, 1.807) is 6.92 Å². The predicted molar refractivity (Wildman–Crippen MR) is 59.5 cm³/mol. The number of methoxy groups -OCH3 is 2. The second kappa shape index (κ2) is 7.59. The topological polar surface area (TPSA) is 81.7 Å². The van der Waals surface area contributed by atoms with Gasteiger partial charge in [-0.15, -0.1) is 0 Å². The summed E-state index contributed by atoms with van der Waals surface area (Å²) in [5.41, 5.74) is 0. The van der Waals surface area contributed by atoms with Crippen LogP contribution in [0, 0.1) is 0 Å². The van der Waals surface area contributed by atoms with Gasteiger partial charge in [-0.3, -0.25) is 4.79 Å². The highest BCUT2D eigenvalue weighted by Gasteiger charge is 2.14. The van der Waals surface area contributed by atoms with E-state index in [1.807, 2.05) is 0 Å². The average Bonchev–Trinajstić information content (AvgIpc) is 2.16. The summed E-state index contributed by atoms with van der Waals surface area (Å²) in [6, 6.07) is -0.270. The Hall–Kier alpha value is -0.660. The van der Waals surface area contributed by atoms with E-state index in [2.05, 4.69) is 9.46 Å². The number of hydrogen-bond donors (Lipinski definition) is 1. The second-order valence-electron chi connectivity index (χ2n) is 3.47. The van der Waals surface area contributed by atoms with Crippen LogP contribution in [-0.2, 0) is 24.3 Å². The average molecular weight is 253 g/mol. The molecule has 0 heterocycles. The van der Waals surface area contributed by atoms with Gasteiger partial charge in [0, 0.05) is 19.6 Å². The van der Waals surface area contributed by atoms with Crippen LogP contribution in [0.1, 0.15) is 19.8 Å². The minimum absolute atomic E-state index is 0.0871. The van der Waals surface area contributed by atoms with Crippen molar-refractivity contribution in [2.75, 3.05) is 26.6 Å². The fraction of sp³-hybridized carbons (Fsp3) is 0.889. The van der Waals surface area contributed by atoms with Gasteiger partial charge in [0.1, 0.15) is 0 Å². The van der Waals surface area contributed by atoms with Gasteiger partial charge in [0.15, 0.2) is 0 Å². The first-order chi connectivity index (χ1) is 7.41. The summed E-state index contributed by atoms with van der Waals surface area (Å²) in [6.07, 6.45) is 0.359. The van der Waals surface area contributed by atoms with Crippen LogP contribution >= 0.6 is 0 Å². The van der Waals surface area contributed by atoms with Crippen molar-refractivity contribution in [1.82, 2.24) is 4.72 Å². The Labute approximate surface area is 96.4 Å². The van der Waals surface area contributed by atoms with Crippen molar-refractivity contribution < 1.29 is 22.7 Å². The van der Waals surface area contributed by atoms with Gasteiger partial charge in [-0.05, 0) is 13.3 Å². The first-order valence-corrected chi connectivity index (χ1v) is 6.62. The van der Waals surface area contributed by atoms with Gasteiger partial charge in [0.25, 0.3) is 0 Å². The SMILES string of the molecule is COCC(C)NS(=O)(=O)CCCC(=O)OC. The molecule has 0 rings (SSSR count). The molecule has 0 aliphatic heterocycles. The molecule has 6 nitrogen and oxygen atoms in total. The van der Waals surface area contributed by atoms with Crippen LogP contribution in [0.15, 0.2) is 0 Å². The van der Waals surface area contributed by atoms with E-state index in [1.165, 1.54) is 14.2 Å². The van der Waals surface area contributed by atoms with Gasteiger partial charge < -0.3 is 9.47 Å². The summed E-state index contributed by atoms with van der Waals surface area (Å²) in [4.78, 5) is 10.8. The molecule has 1 unspecified atom stereocenters. The van der Waals surface area contributed by atoms with E-state index in [4.69, 9.17) is 4.74 Å². The molecule has 1 N–H and O–H groups in total. The van der Waals surface area contributed by atoms with Crippen LogP contribution < -0.4 is 4.72 Å². The van der Waals surface area contributed by atoms with Crippen molar-refractivity contribution in [2.45, 2.75) is 25.8 Å². The highest BCUT2D eigenvalue weighted by Crippen LogP contribution is 1.98. The molecule has 16 heavy (non-hydrogen) atoms. The molecule has 7 heteroatoms. The molecule has 0 aliphatic carbocycles. The minimum Gasteiger partial charge on any atom is -0.469 e. The molecular formula is C9H19NO5S. The Balaban J connectivity index is 3.92. The Morgan fingerprint density at radius 3 is 2.50 bits per heavy atom. The molecule has 0 saturated carbocycles. The van der Waals surface area contributed by atoms with E-state index in [-0.39, 0.29) is 24.6 Å². The number of sulfonamides is 1. The Bertz CT molecular complexity index is 301. The molecule has 0 radical (unpaired) electrons. The second-order valence-corrected chi connectivity index (χ2v) is 5.35. The highest BCUT2D eigenvalue weighted by molar-refractivity contribution is 7.89. The van der Waals surface area contributed by atoms with Crippen molar-refractivity contribution >= 4 is 16.0 Å². The number of carbonyl (C=O) groups is 1. The summed E-state index contributed by atoms with van der Waals surface area (Å²) >= 11 is 0. The smallest absolute Gasteiger partial charge is 0.305 e. The van der Waals surface area contributed by atoms with Crippen LogP contribution in [0.5, 0.6) is 0 Å². The van der Waals surface area contributed by atoms with Gasteiger partial charge >= 0.3 is 5.97 Å². The maximum Gasteiger partial charge on any atom is 0.305 e. The van der Waals surface area contributed by atoms with Gasteiger partial charge in [0.05, 0.1) is 19.5 Å². The molecule has 0 bridgehead atoms. The number of ether oxygens (including phenoxy) is 2. The fourth-order valence-corrected chi connectivity index (χ4v) is 2.48. The third kappa shape index (κ3) is 7.61. The standard InChI is InChI=1S/C9H19NO5S/c1-8(7-14-2)10-16(12,13)6-4-5-9(11)15-3/h8,10H,4-7H2,1-3H3. The van der Waals surface area contributed by atoms with Crippen LogP contribution in [0.3, 0.4) is 0 Å². The van der Waals surface area contributed by atoms with E-state index >= 15 is 0 Å². The Morgan fingerprint density at radius 1 is 1.38 bits per heavy atom. The van der Waals surface area contributed by atoms with Crippen molar-refractivity contribution in [3.8, 4) is 0 Å². The maximum atomic E-state index is 11.5. The molecule has 0 aromatic carbocycles. The third-order valence-corrected chi connectivity index (χ3v) is 3.41. The molecule has 0 aliphatic rings. The van der Waals surface area contributed by atoms with E-state index in [0.29, 0.717) is 6.61 Å². The third-order valence-electron chi connectivity index (χ3n) is 1.82. The van der Waals surface area contributed by atoms with Crippen molar-refractivity contribution in [3.63, 3.8) is 0 Å². The van der Waals surface area contributed by atoms with E-state index in [9.17, 15) is 13.2 Å². The lowest BCUT2D eigenvalue weighted by atomic mass is 10.3. The zero-order valence-corrected chi connectivity index (χ0v) is 10.7. The number of rotatable bonds is 8.